The van der Waals surface area contributed by atoms with Gasteiger partial charge in [0.1, 0.15) is 0 Å². The van der Waals surface area contributed by atoms with E-state index in [1.54, 1.807) is 6.92 Å². The molecular formula is C13H15NO. The lowest BCUT2D eigenvalue weighted by Gasteiger charge is -2.01. The lowest BCUT2D eigenvalue weighted by molar-refractivity contribution is 0.101. The number of hydrogen-bond acceptors (Lipinski definition) is 1. The fourth-order valence-electron chi connectivity index (χ4n) is 1.93. The molecule has 0 N–H and O–H groups in total. The number of aryl methyl sites for hydroxylation is 2. The third-order valence-corrected chi connectivity index (χ3v) is 2.88. The molecule has 0 bridgehead atoms. The van der Waals surface area contributed by atoms with Crippen LogP contribution < -0.4 is 0 Å². The Bertz CT molecular complexity index is 523. The molecule has 0 saturated heterocycles. The average molecular weight is 201 g/mol. The van der Waals surface area contributed by atoms with E-state index in [9.17, 15) is 4.79 Å². The number of aromatic nitrogens is 1. The molecule has 0 saturated carbocycles. The number of Topliss-reactive ketones (excluding diaryl/α,β-unsaturated/α-hetero) is 1. The number of rotatable bonds is 2. The molecule has 0 aliphatic heterocycles. The number of nitrogens with zero attached hydrogens (tertiary/aromatic N) is 1. The summed E-state index contributed by atoms with van der Waals surface area (Å²) in [4.78, 5) is 11.4. The summed E-state index contributed by atoms with van der Waals surface area (Å²) in [6.45, 7) is 3.74. The van der Waals surface area contributed by atoms with E-state index in [2.05, 4.69) is 25.1 Å². The number of carbonyl (C=O) groups is 1. The highest BCUT2D eigenvalue weighted by atomic mass is 16.1. The van der Waals surface area contributed by atoms with Gasteiger partial charge in [-0.25, -0.2) is 0 Å². The zero-order valence-corrected chi connectivity index (χ0v) is 9.37. The molecule has 0 atom stereocenters. The Labute approximate surface area is 89.5 Å². The van der Waals surface area contributed by atoms with Crippen molar-refractivity contribution in [2.75, 3.05) is 0 Å². The van der Waals surface area contributed by atoms with Gasteiger partial charge in [0.2, 0.25) is 0 Å². The fraction of sp³-hybridized carbons (Fsp3) is 0.308. The van der Waals surface area contributed by atoms with Gasteiger partial charge in [0.15, 0.2) is 5.78 Å². The van der Waals surface area contributed by atoms with E-state index in [0.29, 0.717) is 0 Å². The van der Waals surface area contributed by atoms with Crippen LogP contribution in [0, 0.1) is 0 Å². The van der Waals surface area contributed by atoms with Gasteiger partial charge in [0.25, 0.3) is 0 Å². The van der Waals surface area contributed by atoms with E-state index < -0.39 is 0 Å². The molecule has 1 aromatic carbocycles. The molecule has 2 aromatic rings. The van der Waals surface area contributed by atoms with Crippen LogP contribution in [0.25, 0.3) is 10.9 Å². The van der Waals surface area contributed by atoms with Crippen LogP contribution in [0.5, 0.6) is 0 Å². The van der Waals surface area contributed by atoms with Crippen molar-refractivity contribution in [1.29, 1.82) is 0 Å². The maximum atomic E-state index is 11.4. The van der Waals surface area contributed by atoms with Gasteiger partial charge in [-0.1, -0.05) is 19.1 Å². The SMILES string of the molecule is CCc1ccc2cc(C(C)=O)n(C)c2c1. The minimum Gasteiger partial charge on any atom is -0.341 e. The van der Waals surface area contributed by atoms with Crippen molar-refractivity contribution in [3.05, 3.63) is 35.5 Å². The highest BCUT2D eigenvalue weighted by Gasteiger charge is 2.09. The van der Waals surface area contributed by atoms with Crippen LogP contribution in [0.15, 0.2) is 24.3 Å². The van der Waals surface area contributed by atoms with E-state index in [0.717, 1.165) is 23.0 Å². The van der Waals surface area contributed by atoms with Crippen LogP contribution in [-0.4, -0.2) is 10.4 Å². The summed E-state index contributed by atoms with van der Waals surface area (Å²) >= 11 is 0. The molecule has 1 aromatic heterocycles. The fourth-order valence-corrected chi connectivity index (χ4v) is 1.93. The van der Waals surface area contributed by atoms with Gasteiger partial charge < -0.3 is 4.57 Å². The summed E-state index contributed by atoms with van der Waals surface area (Å²) in [7, 11) is 1.94. The summed E-state index contributed by atoms with van der Waals surface area (Å²) in [5, 5.41) is 1.14. The molecule has 0 unspecified atom stereocenters. The van der Waals surface area contributed by atoms with Crippen molar-refractivity contribution in [1.82, 2.24) is 4.57 Å². The number of carbonyl (C=O) groups excluding carboxylic acids is 1. The molecule has 2 heteroatoms. The second-order valence-electron chi connectivity index (χ2n) is 3.89. The lowest BCUT2D eigenvalue weighted by Crippen LogP contribution is -2.00. The predicted molar refractivity (Wildman–Crippen MR) is 62.3 cm³/mol. The van der Waals surface area contributed by atoms with Crippen molar-refractivity contribution in [3.63, 3.8) is 0 Å². The molecule has 2 rings (SSSR count). The number of ketones is 1. The summed E-state index contributed by atoms with van der Waals surface area (Å²) in [6.07, 6.45) is 1.02. The highest BCUT2D eigenvalue weighted by Crippen LogP contribution is 2.20. The summed E-state index contributed by atoms with van der Waals surface area (Å²) < 4.78 is 1.97. The van der Waals surface area contributed by atoms with E-state index in [1.807, 2.05) is 17.7 Å². The third-order valence-electron chi connectivity index (χ3n) is 2.88. The Morgan fingerprint density at radius 2 is 2.07 bits per heavy atom. The monoisotopic (exact) mass is 201 g/mol. The molecule has 0 aliphatic rings. The molecule has 78 valence electrons. The Morgan fingerprint density at radius 1 is 1.33 bits per heavy atom. The van der Waals surface area contributed by atoms with E-state index in [-0.39, 0.29) is 5.78 Å². The first kappa shape index (κ1) is 9.97. The van der Waals surface area contributed by atoms with E-state index in [4.69, 9.17) is 0 Å². The molecule has 0 fully saturated rings. The smallest absolute Gasteiger partial charge is 0.176 e. The normalized spacial score (nSPS) is 10.9. The largest absolute Gasteiger partial charge is 0.341 e. The second kappa shape index (κ2) is 3.54. The Kier molecular flexibility index (Phi) is 2.35. The van der Waals surface area contributed by atoms with Gasteiger partial charge in [-0.05, 0) is 24.1 Å². The molecule has 0 amide bonds. The average Bonchev–Trinajstić information content (AvgIpc) is 2.56. The van der Waals surface area contributed by atoms with Crippen LogP contribution in [-0.2, 0) is 13.5 Å². The third kappa shape index (κ3) is 1.56. The molecule has 2 nitrogen and oxygen atoms in total. The van der Waals surface area contributed by atoms with Crippen LogP contribution in [0.4, 0.5) is 0 Å². The molecular weight excluding hydrogens is 186 g/mol. The summed E-state index contributed by atoms with van der Waals surface area (Å²) in [5.41, 5.74) is 3.22. The van der Waals surface area contributed by atoms with Crippen LogP contribution in [0.1, 0.15) is 29.9 Å². The standard InChI is InChI=1S/C13H15NO/c1-4-10-5-6-11-8-12(9(2)15)14(3)13(11)7-10/h5-8H,4H2,1-3H3. The first-order chi connectivity index (χ1) is 7.13. The number of fused-ring (bicyclic) bond motifs is 1. The van der Waals surface area contributed by atoms with Gasteiger partial charge in [-0.15, -0.1) is 0 Å². The van der Waals surface area contributed by atoms with Crippen molar-refractivity contribution in [3.8, 4) is 0 Å². The molecule has 0 radical (unpaired) electrons. The topological polar surface area (TPSA) is 22.0 Å². The Balaban J connectivity index is 2.72. The summed E-state index contributed by atoms with van der Waals surface area (Å²) in [5.74, 6) is 0.117. The Hall–Kier alpha value is -1.57. The van der Waals surface area contributed by atoms with Crippen LogP contribution in [0.2, 0.25) is 0 Å². The zero-order valence-electron chi connectivity index (χ0n) is 9.37. The minimum atomic E-state index is 0.117. The van der Waals surface area contributed by atoms with Gasteiger partial charge in [-0.3, -0.25) is 4.79 Å². The first-order valence-electron chi connectivity index (χ1n) is 5.22. The maximum Gasteiger partial charge on any atom is 0.176 e. The van der Waals surface area contributed by atoms with Gasteiger partial charge >= 0.3 is 0 Å². The first-order valence-corrected chi connectivity index (χ1v) is 5.22. The van der Waals surface area contributed by atoms with Gasteiger partial charge in [-0.2, -0.15) is 0 Å². The molecule has 0 spiro atoms. The Morgan fingerprint density at radius 3 is 2.67 bits per heavy atom. The van der Waals surface area contributed by atoms with Crippen molar-refractivity contribution in [2.45, 2.75) is 20.3 Å². The van der Waals surface area contributed by atoms with Crippen molar-refractivity contribution >= 4 is 16.7 Å². The van der Waals surface area contributed by atoms with Crippen LogP contribution >= 0.6 is 0 Å². The van der Waals surface area contributed by atoms with Gasteiger partial charge in [0, 0.05) is 24.9 Å². The second-order valence-corrected chi connectivity index (χ2v) is 3.89. The van der Waals surface area contributed by atoms with E-state index >= 15 is 0 Å². The quantitative estimate of drug-likeness (QED) is 0.685. The number of benzene rings is 1. The summed E-state index contributed by atoms with van der Waals surface area (Å²) in [6, 6.07) is 8.31. The molecule has 15 heavy (non-hydrogen) atoms. The molecule has 1 heterocycles. The highest BCUT2D eigenvalue weighted by molar-refractivity contribution is 5.98. The van der Waals surface area contributed by atoms with Gasteiger partial charge in [0.05, 0.1) is 5.69 Å². The van der Waals surface area contributed by atoms with E-state index in [1.165, 1.54) is 5.56 Å². The molecule has 0 aliphatic carbocycles. The lowest BCUT2D eigenvalue weighted by atomic mass is 10.1. The zero-order chi connectivity index (χ0) is 11.0. The van der Waals surface area contributed by atoms with Crippen molar-refractivity contribution in [2.24, 2.45) is 7.05 Å². The number of hydrogen-bond donors (Lipinski definition) is 0. The maximum absolute atomic E-state index is 11.4. The van der Waals surface area contributed by atoms with Crippen LogP contribution in [0.3, 0.4) is 0 Å². The predicted octanol–water partition coefficient (Wildman–Crippen LogP) is 2.94. The van der Waals surface area contributed by atoms with Crippen molar-refractivity contribution < 1.29 is 4.79 Å². The minimum absolute atomic E-state index is 0.117.